The largest absolute Gasteiger partial charge is 0.394 e. The monoisotopic (exact) mass is 571 g/mol. The van der Waals surface area contributed by atoms with Crippen LogP contribution in [-0.2, 0) is 0 Å². The van der Waals surface area contributed by atoms with Crippen molar-refractivity contribution in [3.8, 4) is 0 Å². The average Bonchev–Trinajstić information content (AvgIpc) is 2.90. The number of aliphatic hydroxyl groups is 1. The molecule has 0 saturated carbocycles. The van der Waals surface area contributed by atoms with E-state index in [1.54, 1.807) is 12.2 Å². The fourth-order valence-electron chi connectivity index (χ4n) is 3.51. The summed E-state index contributed by atoms with van der Waals surface area (Å²) >= 11 is 12.0. The molecule has 0 spiro atoms. The predicted molar refractivity (Wildman–Crippen MR) is 150 cm³/mol. The van der Waals surface area contributed by atoms with Gasteiger partial charge in [0.25, 0.3) is 0 Å². The van der Waals surface area contributed by atoms with Crippen LogP contribution in [0.4, 0.5) is 13.6 Å². The van der Waals surface area contributed by atoms with Gasteiger partial charge in [0, 0.05) is 29.8 Å². The summed E-state index contributed by atoms with van der Waals surface area (Å²) in [5, 5.41) is 24.1. The van der Waals surface area contributed by atoms with Crippen molar-refractivity contribution < 1.29 is 18.7 Å². The third-order valence-electron chi connectivity index (χ3n) is 5.51. The maximum atomic E-state index is 13.5. The number of carbonyl (C=O) groups is 1. The van der Waals surface area contributed by atoms with Gasteiger partial charge in [0.1, 0.15) is 18.7 Å². The van der Waals surface area contributed by atoms with Crippen LogP contribution in [0.1, 0.15) is 19.8 Å². The Hall–Kier alpha value is -3.02. The first-order chi connectivity index (χ1) is 18.2. The fraction of sp³-hybridized carbons (Fsp3) is 0.440. The topological polar surface area (TPSA) is 114 Å². The van der Waals surface area contributed by atoms with E-state index in [2.05, 4.69) is 44.2 Å². The first-order valence-electron chi connectivity index (χ1n) is 12.0. The molecule has 4 atom stereocenters. The van der Waals surface area contributed by atoms with E-state index in [1.807, 2.05) is 6.92 Å². The van der Waals surface area contributed by atoms with Crippen LogP contribution in [0.3, 0.4) is 0 Å². The summed E-state index contributed by atoms with van der Waals surface area (Å²) in [7, 11) is 0. The van der Waals surface area contributed by atoms with Crippen molar-refractivity contribution in [2.75, 3.05) is 26.4 Å². The van der Waals surface area contributed by atoms with Gasteiger partial charge in [0.15, 0.2) is 0 Å². The zero-order chi connectivity index (χ0) is 28.1. The van der Waals surface area contributed by atoms with E-state index in [0.29, 0.717) is 35.4 Å². The number of nitrogens with zero attached hydrogens (tertiary/aromatic N) is 4. The Kier molecular flexibility index (Phi) is 13.2. The maximum absolute atomic E-state index is 13.5. The van der Waals surface area contributed by atoms with Crippen LogP contribution in [0.25, 0.3) is 0 Å². The van der Waals surface area contributed by atoms with Crippen LogP contribution in [0, 0.1) is 5.92 Å². The molecule has 208 valence electrons. The highest BCUT2D eigenvalue weighted by Crippen LogP contribution is 2.25. The maximum Gasteiger partial charge on any atom is 0.315 e. The number of amides is 2. The molecular formula is C25H33Cl2F2N7O2. The molecule has 0 unspecified atom stereocenters. The average molecular weight is 572 g/mol. The van der Waals surface area contributed by atoms with Crippen molar-refractivity contribution in [1.82, 2.24) is 21.0 Å². The van der Waals surface area contributed by atoms with Crippen LogP contribution >= 0.6 is 23.2 Å². The summed E-state index contributed by atoms with van der Waals surface area (Å²) in [5.74, 6) is 0.787. The molecule has 38 heavy (non-hydrogen) atoms. The van der Waals surface area contributed by atoms with Gasteiger partial charge in [-0.05, 0) is 24.1 Å². The van der Waals surface area contributed by atoms with E-state index in [0.717, 1.165) is 0 Å². The van der Waals surface area contributed by atoms with Crippen LogP contribution in [0.2, 0.25) is 0 Å². The molecule has 1 aliphatic carbocycles. The molecule has 0 radical (unpaired) electrons. The third kappa shape index (κ3) is 9.38. The van der Waals surface area contributed by atoms with Gasteiger partial charge in [0.05, 0.1) is 36.8 Å². The quantitative estimate of drug-likeness (QED) is 0.161. The molecule has 0 aromatic heterocycles. The van der Waals surface area contributed by atoms with Crippen molar-refractivity contribution in [2.24, 2.45) is 21.0 Å². The number of aliphatic hydroxyl groups excluding tert-OH is 1. The molecule has 0 bridgehead atoms. The molecule has 13 heteroatoms. The standard InChI is InChI=1S/C25H33Cl2F2N7O2/c1-4-6-21(18(26)9-10-28)33-24-31-14-16(3)23(35-24)36(5-2)32-12-11-30-25(38)34-22(15-37)17-7-8-20(29)19(27)13-17/h4-5,7,9,12-13,16,20-22,37H,1-2,6,8,10-11,14-15H2,3H3,(H,31,33)(H2,30,34,38)/b18-9+,32-12-/t16-,20+,21-,22-/m1/s1. The molecule has 2 rings (SSSR count). The Labute approximate surface area is 231 Å². The van der Waals surface area contributed by atoms with Crippen LogP contribution in [0.15, 0.2) is 74.4 Å². The number of guanidine groups is 1. The van der Waals surface area contributed by atoms with E-state index in [1.165, 1.54) is 29.6 Å². The summed E-state index contributed by atoms with van der Waals surface area (Å²) in [6, 6.07) is -1.72. The van der Waals surface area contributed by atoms with Crippen molar-refractivity contribution in [2.45, 2.75) is 38.0 Å². The fourth-order valence-corrected chi connectivity index (χ4v) is 3.92. The minimum atomic E-state index is -1.28. The summed E-state index contributed by atoms with van der Waals surface area (Å²) in [6.07, 6.45) is 8.09. The van der Waals surface area contributed by atoms with E-state index >= 15 is 0 Å². The van der Waals surface area contributed by atoms with Crippen molar-refractivity contribution in [3.63, 3.8) is 0 Å². The molecule has 0 fully saturated rings. The van der Waals surface area contributed by atoms with Crippen molar-refractivity contribution in [3.05, 3.63) is 59.3 Å². The van der Waals surface area contributed by atoms with E-state index in [9.17, 15) is 18.7 Å². The Bertz CT molecular complexity index is 1040. The molecule has 1 heterocycles. The van der Waals surface area contributed by atoms with Crippen LogP contribution < -0.4 is 16.0 Å². The summed E-state index contributed by atoms with van der Waals surface area (Å²) in [6.45, 7) is 8.81. The molecule has 0 aromatic carbocycles. The predicted octanol–water partition coefficient (Wildman–Crippen LogP) is 3.90. The minimum Gasteiger partial charge on any atom is -0.394 e. The third-order valence-corrected chi connectivity index (χ3v) is 6.27. The molecular weight excluding hydrogens is 539 g/mol. The number of urea groups is 1. The van der Waals surface area contributed by atoms with Gasteiger partial charge in [-0.3, -0.25) is 4.99 Å². The number of halogens is 4. The van der Waals surface area contributed by atoms with Gasteiger partial charge >= 0.3 is 6.03 Å². The summed E-state index contributed by atoms with van der Waals surface area (Å²) in [5.41, 5.74) is 0.528. The number of alkyl halides is 2. The number of hydrazone groups is 1. The number of carbonyl (C=O) groups excluding carboxylic acids is 1. The van der Waals surface area contributed by atoms with Gasteiger partial charge < -0.3 is 21.1 Å². The molecule has 2 amide bonds. The normalized spacial score (nSPS) is 21.4. The van der Waals surface area contributed by atoms with Gasteiger partial charge in [-0.2, -0.15) is 10.1 Å². The van der Waals surface area contributed by atoms with Crippen molar-refractivity contribution in [1.29, 1.82) is 0 Å². The zero-order valence-electron chi connectivity index (χ0n) is 21.1. The lowest BCUT2D eigenvalue weighted by Gasteiger charge is -2.26. The number of aliphatic imine (C=N–C) groups is 2. The number of allylic oxidation sites excluding steroid dienone is 3. The van der Waals surface area contributed by atoms with Gasteiger partial charge in [0.2, 0.25) is 5.96 Å². The summed E-state index contributed by atoms with van der Waals surface area (Å²) < 4.78 is 26.2. The Morgan fingerprint density at radius 2 is 2.21 bits per heavy atom. The molecule has 0 saturated heterocycles. The van der Waals surface area contributed by atoms with Gasteiger partial charge in [-0.15, -0.1) is 6.58 Å². The number of hydrogen-bond acceptors (Lipinski definition) is 7. The van der Waals surface area contributed by atoms with Gasteiger partial charge in [-0.1, -0.05) is 48.9 Å². The lowest BCUT2D eigenvalue weighted by atomic mass is 9.99. The second-order valence-corrected chi connectivity index (χ2v) is 9.22. The van der Waals surface area contributed by atoms with Crippen molar-refractivity contribution >= 4 is 47.2 Å². The molecule has 9 nitrogen and oxygen atoms in total. The van der Waals surface area contributed by atoms with E-state index < -0.39 is 31.0 Å². The van der Waals surface area contributed by atoms with Crippen LogP contribution in [0.5, 0.6) is 0 Å². The minimum absolute atomic E-state index is 0.0265. The molecule has 1 aliphatic heterocycles. The highest BCUT2D eigenvalue weighted by molar-refractivity contribution is 6.30. The summed E-state index contributed by atoms with van der Waals surface area (Å²) in [4.78, 5) is 21.2. The van der Waals surface area contributed by atoms with Gasteiger partial charge in [-0.25, -0.2) is 18.6 Å². The Morgan fingerprint density at radius 3 is 2.84 bits per heavy atom. The lowest BCUT2D eigenvalue weighted by Crippen LogP contribution is -2.45. The van der Waals surface area contributed by atoms with E-state index in [4.69, 9.17) is 23.2 Å². The number of rotatable bonds is 12. The molecule has 0 aromatic rings. The first kappa shape index (κ1) is 31.2. The highest BCUT2D eigenvalue weighted by atomic mass is 35.5. The Morgan fingerprint density at radius 1 is 1.45 bits per heavy atom. The number of nitrogens with one attached hydrogen (secondary N) is 3. The first-order valence-corrected chi connectivity index (χ1v) is 12.7. The lowest BCUT2D eigenvalue weighted by molar-refractivity contribution is 0.225. The second-order valence-electron chi connectivity index (χ2n) is 8.35. The zero-order valence-corrected chi connectivity index (χ0v) is 22.6. The van der Waals surface area contributed by atoms with Crippen LogP contribution in [-0.4, -0.2) is 78.8 Å². The SMILES string of the molecule is C=CC[C@@H](NC1=NC[C@@H](C)C(N(C=C)/N=C\CNC(=O)N[C@H](CO)C2=CC[C@H](F)C(Cl)=C2)=N1)/C(Cl)=C\CF. The highest BCUT2D eigenvalue weighted by Gasteiger charge is 2.24. The number of hydrogen-bond donors (Lipinski definition) is 4. The molecule has 2 aliphatic rings. The Balaban J connectivity index is 1.98. The molecule has 4 N–H and O–H groups in total. The smallest absolute Gasteiger partial charge is 0.315 e. The van der Waals surface area contributed by atoms with E-state index in [-0.39, 0.29) is 30.5 Å². The number of amidine groups is 1. The second kappa shape index (κ2) is 16.1.